The van der Waals surface area contributed by atoms with Gasteiger partial charge in [0.2, 0.25) is 5.91 Å². The maximum absolute atomic E-state index is 12.2. The van der Waals surface area contributed by atoms with Gasteiger partial charge in [0, 0.05) is 19.5 Å². The van der Waals surface area contributed by atoms with Gasteiger partial charge in [-0.1, -0.05) is 42.5 Å². The molecular weight excluding hydrogens is 264 g/mol. The molecule has 4 nitrogen and oxygen atoms in total. The third kappa shape index (κ3) is 3.47. The maximum atomic E-state index is 12.2. The summed E-state index contributed by atoms with van der Waals surface area (Å²) in [5.74, 6) is 0.153. The van der Waals surface area contributed by atoms with Crippen LogP contribution in [0, 0.1) is 0 Å². The second-order valence-electron chi connectivity index (χ2n) is 5.46. The molecule has 1 aliphatic rings. The van der Waals surface area contributed by atoms with Crippen LogP contribution in [0.15, 0.2) is 42.5 Å². The zero-order valence-electron chi connectivity index (χ0n) is 11.8. The van der Waals surface area contributed by atoms with E-state index in [2.05, 4.69) is 23.5 Å². The average Bonchev–Trinajstić information content (AvgIpc) is 2.47. The molecule has 0 atom stereocenters. The zero-order chi connectivity index (χ0) is 14.7. The van der Waals surface area contributed by atoms with Crippen LogP contribution in [0.2, 0.25) is 0 Å². The first kappa shape index (κ1) is 13.8. The van der Waals surface area contributed by atoms with Gasteiger partial charge in [-0.2, -0.15) is 0 Å². The van der Waals surface area contributed by atoms with Crippen molar-refractivity contribution in [3.05, 3.63) is 48.0 Å². The lowest BCUT2D eigenvalue weighted by Gasteiger charge is -2.25. The van der Waals surface area contributed by atoms with Crippen LogP contribution in [0.25, 0.3) is 10.8 Å². The second kappa shape index (κ2) is 6.06. The summed E-state index contributed by atoms with van der Waals surface area (Å²) in [6.45, 7) is 2.04. The first-order valence-electron chi connectivity index (χ1n) is 7.19. The molecule has 0 bridgehead atoms. The number of nitrogens with zero attached hydrogens (tertiary/aromatic N) is 1. The monoisotopic (exact) mass is 282 g/mol. The fourth-order valence-corrected chi connectivity index (χ4v) is 2.71. The van der Waals surface area contributed by atoms with Gasteiger partial charge in [-0.05, 0) is 16.3 Å². The van der Waals surface area contributed by atoms with Crippen LogP contribution in [-0.2, 0) is 16.0 Å². The van der Waals surface area contributed by atoms with E-state index in [0.717, 1.165) is 17.5 Å². The highest BCUT2D eigenvalue weighted by molar-refractivity contribution is 5.87. The topological polar surface area (TPSA) is 49.4 Å². The quantitative estimate of drug-likeness (QED) is 0.922. The molecule has 0 spiro atoms. The summed E-state index contributed by atoms with van der Waals surface area (Å²) in [5, 5.41) is 5.10. The third-order valence-corrected chi connectivity index (χ3v) is 3.73. The molecule has 0 aromatic heterocycles. The Hall–Kier alpha value is -2.20. The van der Waals surface area contributed by atoms with E-state index in [4.69, 9.17) is 0 Å². The summed E-state index contributed by atoms with van der Waals surface area (Å²) >= 11 is 0. The minimum atomic E-state index is -0.000227. The van der Waals surface area contributed by atoms with E-state index >= 15 is 0 Å². The minimum absolute atomic E-state index is 0.000227. The van der Waals surface area contributed by atoms with Crippen LogP contribution in [0.3, 0.4) is 0 Å². The Labute approximate surface area is 123 Å². The number of amides is 1. The van der Waals surface area contributed by atoms with Crippen LogP contribution in [0.5, 0.6) is 0 Å². The number of carbonyl (C=O) groups excluding carboxylic acids is 2. The molecule has 1 aliphatic heterocycles. The Balaban J connectivity index is 1.64. The Morgan fingerprint density at radius 1 is 1.14 bits per heavy atom. The lowest BCUT2D eigenvalue weighted by molar-refractivity contribution is -0.126. The summed E-state index contributed by atoms with van der Waals surface area (Å²) in [6.07, 6.45) is 0.420. The standard InChI is InChI=1S/C17H18N2O2/c20-16(11-19-8-7-18-17(21)12-19)10-13-5-6-14-3-1-2-4-15(14)9-13/h1-6,9H,7-8,10-12H2,(H,18,21). The Bertz CT molecular complexity index is 681. The molecule has 4 heteroatoms. The van der Waals surface area contributed by atoms with Gasteiger partial charge in [-0.15, -0.1) is 0 Å². The van der Waals surface area contributed by atoms with E-state index in [-0.39, 0.29) is 11.7 Å². The summed E-state index contributed by atoms with van der Waals surface area (Å²) in [7, 11) is 0. The normalized spacial score (nSPS) is 15.9. The number of nitrogens with one attached hydrogen (secondary N) is 1. The van der Waals surface area contributed by atoms with E-state index in [9.17, 15) is 9.59 Å². The van der Waals surface area contributed by atoms with Gasteiger partial charge in [-0.25, -0.2) is 0 Å². The number of ketones is 1. The van der Waals surface area contributed by atoms with Crippen LogP contribution in [0.1, 0.15) is 5.56 Å². The molecule has 1 fully saturated rings. The molecule has 0 unspecified atom stereocenters. The lowest BCUT2D eigenvalue weighted by Crippen LogP contribution is -2.49. The first-order chi connectivity index (χ1) is 10.2. The van der Waals surface area contributed by atoms with Crippen LogP contribution < -0.4 is 5.32 Å². The fraction of sp³-hybridized carbons (Fsp3) is 0.294. The van der Waals surface area contributed by atoms with Gasteiger partial charge >= 0.3 is 0 Å². The Morgan fingerprint density at radius 3 is 2.76 bits per heavy atom. The van der Waals surface area contributed by atoms with Crippen molar-refractivity contribution in [1.29, 1.82) is 0 Å². The second-order valence-corrected chi connectivity index (χ2v) is 5.46. The number of fused-ring (bicyclic) bond motifs is 1. The molecule has 108 valence electrons. The highest BCUT2D eigenvalue weighted by Crippen LogP contribution is 2.16. The number of Topliss-reactive ketones (excluding diaryl/α,β-unsaturated/α-hetero) is 1. The highest BCUT2D eigenvalue weighted by Gasteiger charge is 2.18. The number of carbonyl (C=O) groups is 2. The smallest absolute Gasteiger partial charge is 0.234 e. The van der Waals surface area contributed by atoms with Crippen molar-refractivity contribution < 1.29 is 9.59 Å². The van der Waals surface area contributed by atoms with Crippen molar-refractivity contribution in [2.75, 3.05) is 26.2 Å². The third-order valence-electron chi connectivity index (χ3n) is 3.73. The predicted molar refractivity (Wildman–Crippen MR) is 82.1 cm³/mol. The van der Waals surface area contributed by atoms with E-state index < -0.39 is 0 Å². The molecule has 2 aromatic carbocycles. The molecule has 21 heavy (non-hydrogen) atoms. The van der Waals surface area contributed by atoms with Crippen molar-refractivity contribution in [2.45, 2.75) is 6.42 Å². The van der Waals surface area contributed by atoms with Crippen molar-refractivity contribution in [1.82, 2.24) is 10.2 Å². The fourth-order valence-electron chi connectivity index (χ4n) is 2.71. The Morgan fingerprint density at radius 2 is 1.95 bits per heavy atom. The van der Waals surface area contributed by atoms with E-state index in [1.807, 2.05) is 29.2 Å². The molecule has 0 saturated carbocycles. The van der Waals surface area contributed by atoms with E-state index in [1.165, 1.54) is 5.39 Å². The summed E-state index contributed by atoms with van der Waals surface area (Å²) in [5.41, 5.74) is 1.03. The largest absolute Gasteiger partial charge is 0.354 e. The highest BCUT2D eigenvalue weighted by atomic mass is 16.2. The van der Waals surface area contributed by atoms with Crippen LogP contribution >= 0.6 is 0 Å². The zero-order valence-corrected chi connectivity index (χ0v) is 11.8. The molecule has 1 amide bonds. The summed E-state index contributed by atoms with van der Waals surface area (Å²) in [4.78, 5) is 25.4. The number of piperazine rings is 1. The van der Waals surface area contributed by atoms with Gasteiger partial charge < -0.3 is 5.32 Å². The van der Waals surface area contributed by atoms with Crippen LogP contribution in [-0.4, -0.2) is 42.8 Å². The van der Waals surface area contributed by atoms with Crippen molar-refractivity contribution in [2.24, 2.45) is 0 Å². The van der Waals surface area contributed by atoms with Gasteiger partial charge in [0.1, 0.15) is 0 Å². The van der Waals surface area contributed by atoms with Crippen molar-refractivity contribution >= 4 is 22.5 Å². The molecule has 1 N–H and O–H groups in total. The minimum Gasteiger partial charge on any atom is -0.354 e. The summed E-state index contributed by atoms with van der Waals surface area (Å²) in [6, 6.07) is 14.2. The van der Waals surface area contributed by atoms with Gasteiger partial charge in [0.25, 0.3) is 0 Å². The summed E-state index contributed by atoms with van der Waals surface area (Å²) < 4.78 is 0. The van der Waals surface area contributed by atoms with Crippen molar-refractivity contribution in [3.8, 4) is 0 Å². The van der Waals surface area contributed by atoms with Gasteiger partial charge in [0.15, 0.2) is 5.78 Å². The lowest BCUT2D eigenvalue weighted by atomic mass is 10.0. The molecular formula is C17H18N2O2. The van der Waals surface area contributed by atoms with E-state index in [0.29, 0.717) is 26.1 Å². The molecule has 1 saturated heterocycles. The molecule has 3 rings (SSSR count). The Kier molecular flexibility index (Phi) is 3.97. The SMILES string of the molecule is O=C(Cc1ccc2ccccc2c1)CN1CCNC(=O)C1. The molecule has 2 aromatic rings. The number of hydrogen-bond acceptors (Lipinski definition) is 3. The number of rotatable bonds is 4. The average molecular weight is 282 g/mol. The van der Waals surface area contributed by atoms with E-state index in [1.54, 1.807) is 0 Å². The van der Waals surface area contributed by atoms with Crippen molar-refractivity contribution in [3.63, 3.8) is 0 Å². The predicted octanol–water partition coefficient (Wildman–Crippen LogP) is 1.38. The molecule has 0 radical (unpaired) electrons. The maximum Gasteiger partial charge on any atom is 0.234 e. The molecule has 0 aliphatic carbocycles. The van der Waals surface area contributed by atoms with Gasteiger partial charge in [-0.3, -0.25) is 14.5 Å². The van der Waals surface area contributed by atoms with Crippen LogP contribution in [0.4, 0.5) is 0 Å². The van der Waals surface area contributed by atoms with Gasteiger partial charge in [0.05, 0.1) is 13.1 Å². The number of hydrogen-bond donors (Lipinski definition) is 1. The molecule has 1 heterocycles. The number of benzene rings is 2. The first-order valence-corrected chi connectivity index (χ1v) is 7.19.